The van der Waals surface area contributed by atoms with Gasteiger partial charge in [0.05, 0.1) is 12.1 Å². The highest BCUT2D eigenvalue weighted by Gasteiger charge is 2.39. The van der Waals surface area contributed by atoms with Gasteiger partial charge in [-0.05, 0) is 42.9 Å². The number of aromatic nitrogens is 3. The van der Waals surface area contributed by atoms with E-state index >= 15 is 0 Å². The predicted molar refractivity (Wildman–Crippen MR) is 82.1 cm³/mol. The summed E-state index contributed by atoms with van der Waals surface area (Å²) in [6.07, 6.45) is 8.19. The molecular weight excluding hydrogens is 286 g/mol. The Labute approximate surface area is 129 Å². The van der Waals surface area contributed by atoms with Crippen LogP contribution in [-0.4, -0.2) is 25.5 Å². The predicted octanol–water partition coefficient (Wildman–Crippen LogP) is 3.10. The zero-order valence-electron chi connectivity index (χ0n) is 12.0. The van der Waals surface area contributed by atoms with E-state index < -0.39 is 5.60 Å². The van der Waals surface area contributed by atoms with Crippen LogP contribution in [0.25, 0.3) is 0 Å². The first kappa shape index (κ1) is 14.5. The molecule has 1 aliphatic carbocycles. The molecule has 1 aliphatic rings. The second kappa shape index (κ2) is 6.16. The van der Waals surface area contributed by atoms with Gasteiger partial charge in [-0.3, -0.25) is 4.68 Å². The third-order valence-electron chi connectivity index (χ3n) is 4.47. The molecular formula is C16H20ClN3O. The molecule has 1 saturated carbocycles. The fourth-order valence-electron chi connectivity index (χ4n) is 3.29. The lowest BCUT2D eigenvalue weighted by atomic mass is 9.72. The molecule has 1 N–H and O–H groups in total. The number of hydrogen-bond donors (Lipinski definition) is 1. The van der Waals surface area contributed by atoms with Gasteiger partial charge in [-0.2, -0.15) is 5.10 Å². The van der Waals surface area contributed by atoms with Gasteiger partial charge >= 0.3 is 0 Å². The summed E-state index contributed by atoms with van der Waals surface area (Å²) in [4.78, 5) is 3.96. The first-order valence-electron chi connectivity index (χ1n) is 7.45. The summed E-state index contributed by atoms with van der Waals surface area (Å²) in [5, 5.41) is 16.0. The highest BCUT2D eigenvalue weighted by atomic mass is 35.5. The van der Waals surface area contributed by atoms with Crippen LogP contribution >= 0.6 is 11.6 Å². The minimum atomic E-state index is -0.703. The van der Waals surface area contributed by atoms with Crippen molar-refractivity contribution in [3.63, 3.8) is 0 Å². The second-order valence-corrected chi connectivity index (χ2v) is 6.41. The van der Waals surface area contributed by atoms with E-state index in [4.69, 9.17) is 11.6 Å². The molecule has 112 valence electrons. The normalized spacial score (nSPS) is 25.9. The third-order valence-corrected chi connectivity index (χ3v) is 4.72. The Hall–Kier alpha value is -1.39. The molecule has 0 saturated heterocycles. The summed E-state index contributed by atoms with van der Waals surface area (Å²) in [6, 6.07) is 7.92. The zero-order chi connectivity index (χ0) is 14.7. The van der Waals surface area contributed by atoms with E-state index in [0.29, 0.717) is 6.54 Å². The van der Waals surface area contributed by atoms with Crippen molar-refractivity contribution in [3.8, 4) is 0 Å². The number of rotatable bonds is 4. The Morgan fingerprint density at radius 1 is 1.29 bits per heavy atom. The molecule has 0 bridgehead atoms. The number of halogens is 1. The van der Waals surface area contributed by atoms with Crippen molar-refractivity contribution in [2.24, 2.45) is 5.92 Å². The molecule has 4 nitrogen and oxygen atoms in total. The van der Waals surface area contributed by atoms with E-state index in [0.717, 1.165) is 30.7 Å². The molecule has 2 atom stereocenters. The van der Waals surface area contributed by atoms with Crippen LogP contribution < -0.4 is 0 Å². The maximum absolute atomic E-state index is 11.1. The number of hydrogen-bond acceptors (Lipinski definition) is 3. The van der Waals surface area contributed by atoms with Gasteiger partial charge in [-0.25, -0.2) is 4.98 Å². The van der Waals surface area contributed by atoms with Crippen LogP contribution in [0.15, 0.2) is 36.9 Å². The van der Waals surface area contributed by atoms with Gasteiger partial charge in [0.25, 0.3) is 0 Å². The van der Waals surface area contributed by atoms with Crippen LogP contribution in [0.3, 0.4) is 0 Å². The monoisotopic (exact) mass is 305 g/mol. The van der Waals surface area contributed by atoms with E-state index in [1.807, 2.05) is 24.3 Å². The lowest BCUT2D eigenvalue weighted by Gasteiger charge is -2.40. The number of benzene rings is 1. The van der Waals surface area contributed by atoms with Gasteiger partial charge in [0, 0.05) is 5.02 Å². The van der Waals surface area contributed by atoms with Crippen molar-refractivity contribution >= 4 is 11.6 Å². The van der Waals surface area contributed by atoms with Crippen molar-refractivity contribution in [1.82, 2.24) is 14.8 Å². The maximum Gasteiger partial charge on any atom is 0.137 e. The minimum Gasteiger partial charge on any atom is -0.388 e. The van der Waals surface area contributed by atoms with Crippen molar-refractivity contribution < 1.29 is 5.11 Å². The van der Waals surface area contributed by atoms with E-state index in [2.05, 4.69) is 10.1 Å². The lowest BCUT2D eigenvalue weighted by Crippen LogP contribution is -2.45. The highest BCUT2D eigenvalue weighted by molar-refractivity contribution is 6.30. The standard InChI is InChI=1S/C16H20ClN3O/c17-15-6-4-13(5-7-15)9-14-3-1-2-8-16(14,21)10-20-12-18-11-19-20/h4-7,11-12,14,21H,1-3,8-10H2/t14-,16-/m0/s1. The summed E-state index contributed by atoms with van der Waals surface area (Å²) >= 11 is 5.94. The molecule has 1 fully saturated rings. The Morgan fingerprint density at radius 2 is 2.10 bits per heavy atom. The van der Waals surface area contributed by atoms with E-state index in [1.54, 1.807) is 11.0 Å². The van der Waals surface area contributed by atoms with Crippen LogP contribution in [0.5, 0.6) is 0 Å². The van der Waals surface area contributed by atoms with Crippen LogP contribution in [0.1, 0.15) is 31.2 Å². The lowest BCUT2D eigenvalue weighted by molar-refractivity contribution is -0.0637. The summed E-state index contributed by atoms with van der Waals surface area (Å²) in [5.74, 6) is 0.247. The molecule has 5 heteroatoms. The van der Waals surface area contributed by atoms with E-state index in [9.17, 15) is 5.11 Å². The van der Waals surface area contributed by atoms with Gasteiger partial charge in [0.1, 0.15) is 12.7 Å². The third kappa shape index (κ3) is 3.44. The number of aliphatic hydroxyl groups is 1. The van der Waals surface area contributed by atoms with Crippen molar-refractivity contribution in [1.29, 1.82) is 0 Å². The first-order valence-corrected chi connectivity index (χ1v) is 7.83. The Bertz CT molecular complexity index is 570. The van der Waals surface area contributed by atoms with Crippen molar-refractivity contribution in [2.45, 2.75) is 44.2 Å². The molecule has 21 heavy (non-hydrogen) atoms. The molecule has 0 unspecified atom stereocenters. The second-order valence-electron chi connectivity index (χ2n) is 5.97. The van der Waals surface area contributed by atoms with Crippen molar-refractivity contribution in [2.75, 3.05) is 0 Å². The average Bonchev–Trinajstić information content (AvgIpc) is 2.96. The summed E-state index contributed by atoms with van der Waals surface area (Å²) < 4.78 is 1.74. The molecule has 2 aromatic rings. The molecule has 1 heterocycles. The topological polar surface area (TPSA) is 50.9 Å². The SMILES string of the molecule is O[C@]1(Cn2cncn2)CCCC[C@H]1Cc1ccc(Cl)cc1. The van der Waals surface area contributed by atoms with E-state index in [1.165, 1.54) is 18.3 Å². The van der Waals surface area contributed by atoms with Crippen LogP contribution in [-0.2, 0) is 13.0 Å². The first-order chi connectivity index (χ1) is 10.2. The van der Waals surface area contributed by atoms with Crippen LogP contribution in [0.2, 0.25) is 5.02 Å². The Morgan fingerprint density at radius 3 is 2.81 bits per heavy atom. The van der Waals surface area contributed by atoms with Crippen molar-refractivity contribution in [3.05, 3.63) is 47.5 Å². The fraction of sp³-hybridized carbons (Fsp3) is 0.500. The molecule has 1 aromatic carbocycles. The van der Waals surface area contributed by atoms with Crippen LogP contribution in [0.4, 0.5) is 0 Å². The Kier molecular flexibility index (Phi) is 4.27. The highest BCUT2D eigenvalue weighted by Crippen LogP contribution is 2.37. The molecule has 0 aliphatic heterocycles. The van der Waals surface area contributed by atoms with Gasteiger partial charge in [-0.15, -0.1) is 0 Å². The molecule has 0 radical (unpaired) electrons. The largest absolute Gasteiger partial charge is 0.388 e. The summed E-state index contributed by atoms with van der Waals surface area (Å²) in [7, 11) is 0. The maximum atomic E-state index is 11.1. The zero-order valence-corrected chi connectivity index (χ0v) is 12.7. The summed E-state index contributed by atoms with van der Waals surface area (Å²) in [5.41, 5.74) is 0.523. The van der Waals surface area contributed by atoms with Gasteiger partial charge in [-0.1, -0.05) is 36.6 Å². The average molecular weight is 306 g/mol. The van der Waals surface area contributed by atoms with E-state index in [-0.39, 0.29) is 5.92 Å². The minimum absolute atomic E-state index is 0.247. The number of nitrogens with zero attached hydrogens (tertiary/aromatic N) is 3. The molecule has 0 amide bonds. The molecule has 3 rings (SSSR count). The van der Waals surface area contributed by atoms with Crippen LogP contribution in [0, 0.1) is 5.92 Å². The molecule has 1 aromatic heterocycles. The summed E-state index contributed by atoms with van der Waals surface area (Å²) in [6.45, 7) is 0.519. The quantitative estimate of drug-likeness (QED) is 0.944. The Balaban J connectivity index is 1.75. The molecule has 0 spiro atoms. The smallest absolute Gasteiger partial charge is 0.137 e. The van der Waals surface area contributed by atoms with Gasteiger partial charge in [0.2, 0.25) is 0 Å². The van der Waals surface area contributed by atoms with Gasteiger partial charge in [0.15, 0.2) is 0 Å². The van der Waals surface area contributed by atoms with Gasteiger partial charge < -0.3 is 5.11 Å². The fourth-order valence-corrected chi connectivity index (χ4v) is 3.42.